The molecule has 1 saturated carbocycles. The van der Waals surface area contributed by atoms with E-state index in [9.17, 15) is 0 Å². The van der Waals surface area contributed by atoms with Gasteiger partial charge >= 0.3 is 0 Å². The Hall–Kier alpha value is -0.700. The zero-order chi connectivity index (χ0) is 11.8. The van der Waals surface area contributed by atoms with Crippen molar-refractivity contribution in [2.45, 2.75) is 56.2 Å². The number of aromatic nitrogens is 1. The van der Waals surface area contributed by atoms with Crippen LogP contribution >= 0.6 is 11.8 Å². The molecule has 0 saturated heterocycles. The summed E-state index contributed by atoms with van der Waals surface area (Å²) in [4.78, 5) is 5.76. The van der Waals surface area contributed by atoms with Gasteiger partial charge in [0.1, 0.15) is 5.82 Å². The Labute approximate surface area is 102 Å². The van der Waals surface area contributed by atoms with Gasteiger partial charge < -0.3 is 5.32 Å². The molecule has 2 nitrogen and oxygen atoms in total. The molecule has 3 heteroatoms. The Bertz CT molecular complexity index is 378. The number of thioether (sulfide) groups is 1. The van der Waals surface area contributed by atoms with Gasteiger partial charge in [-0.2, -0.15) is 0 Å². The van der Waals surface area contributed by atoms with Crippen molar-refractivity contribution in [1.82, 2.24) is 4.98 Å². The highest BCUT2D eigenvalue weighted by molar-refractivity contribution is 8.00. The first-order valence-corrected chi connectivity index (χ1v) is 6.68. The summed E-state index contributed by atoms with van der Waals surface area (Å²) in [7, 11) is 0. The third kappa shape index (κ3) is 3.41. The van der Waals surface area contributed by atoms with Crippen molar-refractivity contribution in [2.24, 2.45) is 0 Å². The van der Waals surface area contributed by atoms with Crippen molar-refractivity contribution in [3.63, 3.8) is 0 Å². The van der Waals surface area contributed by atoms with Crippen LogP contribution in [-0.4, -0.2) is 15.8 Å². The smallest absolute Gasteiger partial charge is 0.126 e. The van der Waals surface area contributed by atoms with Crippen LogP contribution in [0.4, 0.5) is 5.82 Å². The van der Waals surface area contributed by atoms with Gasteiger partial charge in [0.2, 0.25) is 0 Å². The maximum absolute atomic E-state index is 4.47. The van der Waals surface area contributed by atoms with Gasteiger partial charge in [-0.1, -0.05) is 20.8 Å². The lowest BCUT2D eigenvalue weighted by atomic mass is 10.2. The molecule has 1 fully saturated rings. The molecule has 0 bridgehead atoms. The molecule has 0 unspecified atom stereocenters. The van der Waals surface area contributed by atoms with E-state index in [0.717, 1.165) is 5.82 Å². The maximum atomic E-state index is 4.47. The average Bonchev–Trinajstić information content (AvgIpc) is 2.92. The summed E-state index contributed by atoms with van der Waals surface area (Å²) in [6.07, 6.45) is 4.58. The molecule has 88 valence electrons. The number of hydrogen-bond acceptors (Lipinski definition) is 3. The van der Waals surface area contributed by atoms with Gasteiger partial charge in [-0.15, -0.1) is 11.8 Å². The number of anilines is 1. The topological polar surface area (TPSA) is 24.9 Å². The summed E-state index contributed by atoms with van der Waals surface area (Å²) in [5, 5.41) is 3.43. The Morgan fingerprint density at radius 2 is 2.06 bits per heavy atom. The standard InChI is InChI=1S/C13H20N2S/c1-9-7-12(15-10-5-6-10)14-8-11(9)16-13(2,3)4/h7-8,10H,5-6H2,1-4H3,(H,14,15). The number of aryl methyl sites for hydroxylation is 1. The van der Waals surface area contributed by atoms with Crippen LogP contribution in [0.2, 0.25) is 0 Å². The molecule has 1 aromatic heterocycles. The molecular formula is C13H20N2S. The Morgan fingerprint density at radius 1 is 1.38 bits per heavy atom. The van der Waals surface area contributed by atoms with Crippen LogP contribution in [0.5, 0.6) is 0 Å². The molecule has 0 atom stereocenters. The van der Waals surface area contributed by atoms with E-state index in [1.165, 1.54) is 23.3 Å². The molecular weight excluding hydrogens is 216 g/mol. The van der Waals surface area contributed by atoms with Crippen molar-refractivity contribution in [2.75, 3.05) is 5.32 Å². The highest BCUT2D eigenvalue weighted by Gasteiger charge is 2.21. The van der Waals surface area contributed by atoms with Crippen molar-refractivity contribution >= 4 is 17.6 Å². The number of hydrogen-bond donors (Lipinski definition) is 1. The summed E-state index contributed by atoms with van der Waals surface area (Å²) in [6, 6.07) is 2.83. The van der Waals surface area contributed by atoms with E-state index in [2.05, 4.69) is 44.1 Å². The van der Waals surface area contributed by atoms with Gasteiger partial charge in [-0.25, -0.2) is 4.98 Å². The lowest BCUT2D eigenvalue weighted by Gasteiger charge is -2.19. The summed E-state index contributed by atoms with van der Waals surface area (Å²) in [6.45, 7) is 8.85. The maximum Gasteiger partial charge on any atom is 0.126 e. The van der Waals surface area contributed by atoms with Crippen LogP contribution in [0, 0.1) is 6.92 Å². The zero-order valence-electron chi connectivity index (χ0n) is 10.5. The Balaban J connectivity index is 2.09. The van der Waals surface area contributed by atoms with E-state index in [-0.39, 0.29) is 4.75 Å². The van der Waals surface area contributed by atoms with Gasteiger partial charge in [0.25, 0.3) is 0 Å². The predicted octanol–water partition coefficient (Wildman–Crippen LogP) is 3.85. The Morgan fingerprint density at radius 3 is 2.56 bits per heavy atom. The van der Waals surface area contributed by atoms with Gasteiger partial charge in [0.05, 0.1) is 0 Å². The van der Waals surface area contributed by atoms with E-state index in [4.69, 9.17) is 0 Å². The highest BCUT2D eigenvalue weighted by Crippen LogP contribution is 2.34. The average molecular weight is 236 g/mol. The van der Waals surface area contributed by atoms with Crippen molar-refractivity contribution in [3.05, 3.63) is 17.8 Å². The van der Waals surface area contributed by atoms with E-state index < -0.39 is 0 Å². The zero-order valence-corrected chi connectivity index (χ0v) is 11.3. The largest absolute Gasteiger partial charge is 0.367 e. The molecule has 0 aromatic carbocycles. The molecule has 16 heavy (non-hydrogen) atoms. The summed E-state index contributed by atoms with van der Waals surface area (Å²) in [5.74, 6) is 1.03. The van der Waals surface area contributed by atoms with Gasteiger partial charge in [-0.05, 0) is 31.4 Å². The van der Waals surface area contributed by atoms with Crippen LogP contribution in [0.1, 0.15) is 39.2 Å². The lowest BCUT2D eigenvalue weighted by Crippen LogP contribution is -2.08. The third-order valence-corrected chi connectivity index (χ3v) is 3.67. The van der Waals surface area contributed by atoms with Gasteiger partial charge in [-0.3, -0.25) is 0 Å². The van der Waals surface area contributed by atoms with Crippen molar-refractivity contribution < 1.29 is 0 Å². The van der Waals surface area contributed by atoms with E-state index >= 15 is 0 Å². The monoisotopic (exact) mass is 236 g/mol. The van der Waals surface area contributed by atoms with Crippen LogP contribution < -0.4 is 5.32 Å². The first-order valence-electron chi connectivity index (χ1n) is 5.86. The third-order valence-electron chi connectivity index (χ3n) is 2.41. The molecule has 0 aliphatic heterocycles. The van der Waals surface area contributed by atoms with Gasteiger partial charge in [0.15, 0.2) is 0 Å². The number of rotatable bonds is 3. The molecule has 0 amide bonds. The van der Waals surface area contributed by atoms with Crippen molar-refractivity contribution in [1.29, 1.82) is 0 Å². The first-order chi connectivity index (χ1) is 7.44. The second-order valence-electron chi connectivity index (χ2n) is 5.47. The highest BCUT2D eigenvalue weighted by atomic mass is 32.2. The molecule has 1 aliphatic carbocycles. The second kappa shape index (κ2) is 4.28. The predicted molar refractivity (Wildman–Crippen MR) is 71.2 cm³/mol. The second-order valence-corrected chi connectivity index (χ2v) is 7.34. The normalized spacial score (nSPS) is 16.2. The fraction of sp³-hybridized carbons (Fsp3) is 0.615. The van der Waals surface area contributed by atoms with Crippen molar-refractivity contribution in [3.8, 4) is 0 Å². The fourth-order valence-corrected chi connectivity index (χ4v) is 2.48. The summed E-state index contributed by atoms with van der Waals surface area (Å²) >= 11 is 1.88. The number of pyridine rings is 1. The Kier molecular flexibility index (Phi) is 3.15. The minimum Gasteiger partial charge on any atom is -0.367 e. The van der Waals surface area contributed by atoms with Gasteiger partial charge in [0, 0.05) is 21.9 Å². The first kappa shape index (κ1) is 11.8. The molecule has 1 heterocycles. The molecule has 1 N–H and O–H groups in total. The minimum absolute atomic E-state index is 0.248. The molecule has 1 aliphatic rings. The number of nitrogens with zero attached hydrogens (tertiary/aromatic N) is 1. The fourth-order valence-electron chi connectivity index (χ4n) is 1.50. The van der Waals surface area contributed by atoms with Crippen LogP contribution in [0.15, 0.2) is 17.2 Å². The van der Waals surface area contributed by atoms with E-state index in [0.29, 0.717) is 6.04 Å². The quantitative estimate of drug-likeness (QED) is 0.807. The lowest BCUT2D eigenvalue weighted by molar-refractivity contribution is 0.801. The van der Waals surface area contributed by atoms with E-state index in [1.54, 1.807) is 0 Å². The summed E-state index contributed by atoms with van der Waals surface area (Å²) in [5.41, 5.74) is 1.32. The van der Waals surface area contributed by atoms with E-state index in [1.807, 2.05) is 18.0 Å². The SMILES string of the molecule is Cc1cc(NC2CC2)ncc1SC(C)(C)C. The molecule has 0 radical (unpaired) electrons. The van der Waals surface area contributed by atoms with Crippen LogP contribution in [0.25, 0.3) is 0 Å². The molecule has 2 rings (SSSR count). The minimum atomic E-state index is 0.248. The molecule has 0 spiro atoms. The van der Waals surface area contributed by atoms with Crippen LogP contribution in [0.3, 0.4) is 0 Å². The summed E-state index contributed by atoms with van der Waals surface area (Å²) < 4.78 is 0.248. The number of nitrogens with one attached hydrogen (secondary N) is 1. The molecule has 1 aromatic rings. The van der Waals surface area contributed by atoms with Crippen LogP contribution in [-0.2, 0) is 0 Å².